The van der Waals surface area contributed by atoms with Gasteiger partial charge >= 0.3 is 0 Å². The van der Waals surface area contributed by atoms with Crippen molar-refractivity contribution in [3.8, 4) is 11.8 Å². The number of carbonyl (C=O) groups is 1. The third-order valence-electron chi connectivity index (χ3n) is 10.7. The predicted octanol–water partition coefficient (Wildman–Crippen LogP) is 6.42. The minimum absolute atomic E-state index is 0.0828. The second-order valence-electron chi connectivity index (χ2n) is 12.7. The molecule has 0 aromatic heterocycles. The number of fused-ring (bicyclic) bond motifs is 5. The molecule has 184 valence electrons. The Kier molecular flexibility index (Phi) is 6.23. The third-order valence-corrected chi connectivity index (χ3v) is 10.7. The van der Waals surface area contributed by atoms with Gasteiger partial charge in [0.25, 0.3) is 0 Å². The molecule has 4 fully saturated rings. The maximum absolute atomic E-state index is 11.4. The SMILES string of the molecule is CC(=O)c1ccc(C#CCOC2CC[C@H]3[C@@H]4CCC5CC(C)(O)CC[C@]5(C)[C@@H]4CC[C@]23C)cc1. The first-order valence-corrected chi connectivity index (χ1v) is 13.6. The van der Waals surface area contributed by atoms with Gasteiger partial charge in [0.2, 0.25) is 0 Å². The number of aliphatic hydroxyl groups is 1. The molecule has 0 bridgehead atoms. The van der Waals surface area contributed by atoms with Crippen LogP contribution in [0.3, 0.4) is 0 Å². The number of hydrogen-bond donors (Lipinski definition) is 1. The lowest BCUT2D eigenvalue weighted by atomic mass is 9.44. The fourth-order valence-corrected chi connectivity index (χ4v) is 8.73. The maximum Gasteiger partial charge on any atom is 0.159 e. The topological polar surface area (TPSA) is 46.5 Å². The van der Waals surface area contributed by atoms with Gasteiger partial charge in [0.05, 0.1) is 11.7 Å². The molecule has 4 aliphatic carbocycles. The maximum atomic E-state index is 11.4. The second-order valence-corrected chi connectivity index (χ2v) is 12.7. The molecule has 0 heterocycles. The molecular weight excluding hydrogens is 420 g/mol. The highest BCUT2D eigenvalue weighted by atomic mass is 16.5. The van der Waals surface area contributed by atoms with E-state index in [0.717, 1.165) is 48.1 Å². The average Bonchev–Trinajstić information content (AvgIpc) is 3.13. The number of ketones is 1. The van der Waals surface area contributed by atoms with Crippen molar-refractivity contribution in [2.75, 3.05) is 6.61 Å². The first kappa shape index (κ1) is 24.1. The summed E-state index contributed by atoms with van der Waals surface area (Å²) in [6.07, 6.45) is 11.1. The van der Waals surface area contributed by atoms with E-state index in [1.165, 1.54) is 38.5 Å². The molecule has 5 rings (SSSR count). The van der Waals surface area contributed by atoms with Crippen LogP contribution in [0.2, 0.25) is 0 Å². The van der Waals surface area contributed by atoms with Crippen LogP contribution in [0.15, 0.2) is 24.3 Å². The number of rotatable bonds is 3. The standard InChI is InChI=1S/C31H42O3/c1-21(32)23-9-7-22(8-10-23)6-5-19-34-28-14-13-26-25-12-11-24-20-29(2,33)17-18-30(24,3)27(25)15-16-31(26,28)4/h7-10,24-28,33H,11-20H2,1-4H3/t24?,25-,26-,27+,28?,29?,30-,31-/m0/s1. The Bertz CT molecular complexity index is 982. The molecular formula is C31H42O3. The molecule has 3 unspecified atom stereocenters. The fourth-order valence-electron chi connectivity index (χ4n) is 8.73. The predicted molar refractivity (Wildman–Crippen MR) is 135 cm³/mol. The van der Waals surface area contributed by atoms with Crippen LogP contribution in [-0.4, -0.2) is 29.2 Å². The molecule has 3 heteroatoms. The van der Waals surface area contributed by atoms with Gasteiger partial charge in [-0.05, 0) is 118 Å². The minimum atomic E-state index is -0.455. The molecule has 4 saturated carbocycles. The van der Waals surface area contributed by atoms with E-state index in [1.807, 2.05) is 24.3 Å². The van der Waals surface area contributed by atoms with Crippen LogP contribution in [0.25, 0.3) is 0 Å². The van der Waals surface area contributed by atoms with Gasteiger partial charge in [-0.3, -0.25) is 4.79 Å². The largest absolute Gasteiger partial charge is 0.390 e. The Morgan fingerprint density at radius 3 is 2.44 bits per heavy atom. The Balaban J connectivity index is 1.22. The summed E-state index contributed by atoms with van der Waals surface area (Å²) < 4.78 is 6.44. The van der Waals surface area contributed by atoms with E-state index in [2.05, 4.69) is 32.6 Å². The first-order valence-electron chi connectivity index (χ1n) is 13.6. The number of hydrogen-bond acceptors (Lipinski definition) is 3. The van der Waals surface area contributed by atoms with Crippen LogP contribution >= 0.6 is 0 Å². The first-order chi connectivity index (χ1) is 16.1. The lowest BCUT2D eigenvalue weighted by Gasteiger charge is -2.61. The molecule has 0 aliphatic heterocycles. The number of Topliss-reactive ketones (excluding diaryl/α,β-unsaturated/α-hetero) is 1. The lowest BCUT2D eigenvalue weighted by Crippen LogP contribution is -2.56. The summed E-state index contributed by atoms with van der Waals surface area (Å²) in [5, 5.41) is 10.7. The van der Waals surface area contributed by atoms with Gasteiger partial charge in [-0.1, -0.05) is 37.8 Å². The zero-order chi connectivity index (χ0) is 24.1. The zero-order valence-electron chi connectivity index (χ0n) is 21.5. The van der Waals surface area contributed by atoms with Crippen molar-refractivity contribution in [3.05, 3.63) is 35.4 Å². The van der Waals surface area contributed by atoms with E-state index in [1.54, 1.807) is 6.92 Å². The van der Waals surface area contributed by atoms with Crippen LogP contribution in [0, 0.1) is 46.3 Å². The van der Waals surface area contributed by atoms with Gasteiger partial charge in [0.1, 0.15) is 6.61 Å². The molecule has 3 nitrogen and oxygen atoms in total. The van der Waals surface area contributed by atoms with Crippen molar-refractivity contribution < 1.29 is 14.6 Å². The molecule has 1 aromatic carbocycles. The van der Waals surface area contributed by atoms with Gasteiger partial charge in [-0.15, -0.1) is 0 Å². The molecule has 0 radical (unpaired) electrons. The van der Waals surface area contributed by atoms with Crippen molar-refractivity contribution in [1.82, 2.24) is 0 Å². The zero-order valence-corrected chi connectivity index (χ0v) is 21.5. The highest BCUT2D eigenvalue weighted by molar-refractivity contribution is 5.94. The van der Waals surface area contributed by atoms with Gasteiger partial charge < -0.3 is 9.84 Å². The molecule has 1 aromatic rings. The van der Waals surface area contributed by atoms with Gasteiger partial charge in [-0.25, -0.2) is 0 Å². The van der Waals surface area contributed by atoms with Crippen molar-refractivity contribution in [1.29, 1.82) is 0 Å². The fraction of sp³-hybridized carbons (Fsp3) is 0.710. The summed E-state index contributed by atoms with van der Waals surface area (Å²) in [5.74, 6) is 9.60. The van der Waals surface area contributed by atoms with Crippen molar-refractivity contribution in [3.63, 3.8) is 0 Å². The summed E-state index contributed by atoms with van der Waals surface area (Å²) in [4.78, 5) is 11.4. The minimum Gasteiger partial charge on any atom is -0.390 e. The molecule has 1 N–H and O–H groups in total. The second kappa shape index (κ2) is 8.79. The molecule has 8 atom stereocenters. The Morgan fingerprint density at radius 1 is 0.971 bits per heavy atom. The highest BCUT2D eigenvalue weighted by Crippen LogP contribution is 2.67. The van der Waals surface area contributed by atoms with Gasteiger partial charge in [0.15, 0.2) is 5.78 Å². The molecule has 4 aliphatic rings. The molecule has 0 saturated heterocycles. The van der Waals surface area contributed by atoms with Crippen molar-refractivity contribution in [2.24, 2.45) is 34.5 Å². The van der Waals surface area contributed by atoms with Crippen molar-refractivity contribution in [2.45, 2.75) is 97.2 Å². The average molecular weight is 463 g/mol. The van der Waals surface area contributed by atoms with Crippen LogP contribution in [-0.2, 0) is 4.74 Å². The Morgan fingerprint density at radius 2 is 1.71 bits per heavy atom. The van der Waals surface area contributed by atoms with Crippen LogP contribution in [0.5, 0.6) is 0 Å². The molecule has 0 spiro atoms. The van der Waals surface area contributed by atoms with Crippen LogP contribution in [0.1, 0.15) is 101 Å². The number of carbonyl (C=O) groups excluding carboxylic acids is 1. The summed E-state index contributed by atoms with van der Waals surface area (Å²) >= 11 is 0. The molecule has 0 amide bonds. The molecule has 34 heavy (non-hydrogen) atoms. The van der Waals surface area contributed by atoms with Gasteiger partial charge in [0, 0.05) is 11.1 Å². The summed E-state index contributed by atoms with van der Waals surface area (Å²) in [6, 6.07) is 7.52. The quantitative estimate of drug-likeness (QED) is 0.416. The summed E-state index contributed by atoms with van der Waals surface area (Å²) in [5.41, 5.74) is 1.89. The smallest absolute Gasteiger partial charge is 0.159 e. The third kappa shape index (κ3) is 4.16. The van der Waals surface area contributed by atoms with E-state index in [4.69, 9.17) is 4.74 Å². The van der Waals surface area contributed by atoms with Crippen LogP contribution < -0.4 is 0 Å². The van der Waals surface area contributed by atoms with Crippen molar-refractivity contribution >= 4 is 5.78 Å². The van der Waals surface area contributed by atoms with E-state index in [9.17, 15) is 9.90 Å². The number of ether oxygens (including phenoxy) is 1. The van der Waals surface area contributed by atoms with E-state index in [0.29, 0.717) is 24.0 Å². The van der Waals surface area contributed by atoms with E-state index >= 15 is 0 Å². The Hall–Kier alpha value is -1.63. The lowest BCUT2D eigenvalue weighted by molar-refractivity contribution is -0.154. The monoisotopic (exact) mass is 462 g/mol. The Labute approximate surface area is 206 Å². The van der Waals surface area contributed by atoms with E-state index in [-0.39, 0.29) is 11.2 Å². The highest BCUT2D eigenvalue weighted by Gasteiger charge is 2.61. The van der Waals surface area contributed by atoms with Crippen LogP contribution in [0.4, 0.5) is 0 Å². The summed E-state index contributed by atoms with van der Waals surface area (Å²) in [7, 11) is 0. The van der Waals surface area contributed by atoms with E-state index < -0.39 is 5.60 Å². The normalized spacial score (nSPS) is 43.1. The van der Waals surface area contributed by atoms with Gasteiger partial charge in [-0.2, -0.15) is 0 Å². The summed E-state index contributed by atoms with van der Waals surface area (Å²) in [6.45, 7) is 9.18. The number of benzene rings is 1.